The van der Waals surface area contributed by atoms with Crippen LogP contribution in [-0.2, 0) is 0 Å². The van der Waals surface area contributed by atoms with E-state index in [1.54, 1.807) is 0 Å². The maximum absolute atomic E-state index is 11.5. The van der Waals surface area contributed by atoms with Gasteiger partial charge in [0.05, 0.1) is 30.5 Å². The minimum absolute atomic E-state index is 0.268. The molecular weight excluding hydrogens is 989 g/mol. The van der Waals surface area contributed by atoms with Gasteiger partial charge in [0.2, 0.25) is 0 Å². The molecule has 80 heavy (non-hydrogen) atoms. The Balaban J connectivity index is 2.94. The highest BCUT2D eigenvalue weighted by Gasteiger charge is 2.24. The summed E-state index contributed by atoms with van der Waals surface area (Å²) in [5.74, 6) is 0.351. The highest BCUT2D eigenvalue weighted by atomic mass is 16.3. The first-order chi connectivity index (χ1) is 39.1. The summed E-state index contributed by atoms with van der Waals surface area (Å²) in [6.45, 7) is 22.1. The van der Waals surface area contributed by atoms with Crippen LogP contribution in [0.1, 0.15) is 343 Å². The Morgan fingerprint density at radius 3 is 0.800 bits per heavy atom. The summed E-state index contributed by atoms with van der Waals surface area (Å²) in [6.07, 6.45) is 56.4. The molecule has 0 aromatic heterocycles. The number of aliphatic hydroxyl groups is 5. The van der Waals surface area contributed by atoms with Gasteiger partial charge in [0.25, 0.3) is 0 Å². The Hall–Kier alpha value is -0.360. The van der Waals surface area contributed by atoms with Crippen molar-refractivity contribution in [2.45, 2.75) is 373 Å². The van der Waals surface area contributed by atoms with E-state index in [0.717, 1.165) is 142 Å². The lowest BCUT2D eigenvalue weighted by atomic mass is 9.88. The minimum atomic E-state index is -0.382. The highest BCUT2D eigenvalue weighted by Crippen LogP contribution is 2.25. The molecule has 0 spiro atoms. The maximum atomic E-state index is 11.5. The molecule has 0 bridgehead atoms. The lowest BCUT2D eigenvalue weighted by molar-refractivity contribution is 0.0443. The molecule has 1 aliphatic rings. The molecule has 0 radical (unpaired) electrons. The van der Waals surface area contributed by atoms with Gasteiger partial charge in [-0.15, -0.1) is 0 Å². The molecule has 0 amide bonds. The van der Waals surface area contributed by atoms with Gasteiger partial charge in [-0.2, -0.15) is 0 Å². The van der Waals surface area contributed by atoms with Crippen molar-refractivity contribution >= 4 is 0 Å². The minimum Gasteiger partial charge on any atom is -0.393 e. The van der Waals surface area contributed by atoms with Crippen LogP contribution in [0.15, 0.2) is 0 Å². The monoisotopic (exact) mass is 1140 g/mol. The number of rotatable bonds is 64. The molecule has 5 atom stereocenters. The fraction of sp³-hybridized carbons (Fsp3) is 1.00. The second-order valence-corrected chi connectivity index (χ2v) is 26.5. The van der Waals surface area contributed by atoms with Gasteiger partial charge in [0, 0.05) is 72.0 Å². The topological polar surface area (TPSA) is 114 Å². The summed E-state index contributed by atoms with van der Waals surface area (Å²) in [5, 5.41) is 57.0. The number of hydrogen-bond acceptors (Lipinski definition) is 9. The van der Waals surface area contributed by atoms with Crippen LogP contribution >= 0.6 is 0 Å². The van der Waals surface area contributed by atoms with E-state index >= 15 is 0 Å². The summed E-state index contributed by atoms with van der Waals surface area (Å²) in [5.41, 5.74) is 0. The van der Waals surface area contributed by atoms with E-state index in [2.05, 4.69) is 54.2 Å². The molecule has 0 aromatic carbocycles. The molecule has 0 unspecified atom stereocenters. The normalized spacial score (nSPS) is 15.7. The molecule has 5 N–H and O–H groups in total. The Bertz CT molecular complexity index is 1150. The zero-order chi connectivity index (χ0) is 58.2. The van der Waals surface area contributed by atoms with E-state index in [-0.39, 0.29) is 30.5 Å². The van der Waals surface area contributed by atoms with Crippen molar-refractivity contribution in [2.75, 3.05) is 78.5 Å². The average Bonchev–Trinajstić information content (AvgIpc) is 3.45. The van der Waals surface area contributed by atoms with E-state index in [1.165, 1.54) is 225 Å². The van der Waals surface area contributed by atoms with Gasteiger partial charge < -0.3 is 30.4 Å². The number of piperazine rings is 1. The molecule has 9 nitrogen and oxygen atoms in total. The highest BCUT2D eigenvalue weighted by molar-refractivity contribution is 4.79. The van der Waals surface area contributed by atoms with E-state index in [0.29, 0.717) is 25.6 Å². The molecular formula is C71H146N4O5. The first-order valence-corrected chi connectivity index (χ1v) is 36.4. The third kappa shape index (κ3) is 50.9. The largest absolute Gasteiger partial charge is 0.393 e. The van der Waals surface area contributed by atoms with Crippen LogP contribution < -0.4 is 0 Å². The second-order valence-electron chi connectivity index (χ2n) is 26.5. The zero-order valence-electron chi connectivity index (χ0n) is 54.9. The Kier molecular flexibility index (Phi) is 57.3. The third-order valence-corrected chi connectivity index (χ3v) is 18.4. The van der Waals surface area contributed by atoms with Crippen LogP contribution in [0.25, 0.3) is 0 Å². The first kappa shape index (κ1) is 77.7. The number of aliphatic hydroxyl groups excluding tert-OH is 5. The van der Waals surface area contributed by atoms with Gasteiger partial charge in [-0.05, 0) is 63.8 Å². The van der Waals surface area contributed by atoms with E-state index in [1.807, 2.05) is 0 Å². The summed E-state index contributed by atoms with van der Waals surface area (Å²) in [7, 11) is 0. The van der Waals surface area contributed by atoms with Gasteiger partial charge in [0.1, 0.15) is 0 Å². The van der Waals surface area contributed by atoms with Crippen LogP contribution in [0, 0.1) is 5.92 Å². The standard InChI is InChI=1S/C71H146N4O5/c1-6-11-16-21-26-31-36-41-46-67(76)61-66(62-68(77)47-42-37-32-27-22-17-12-7-2)51-52-72-53-55-73(56-54-72)57-58-74(63-69(78)48-43-38-33-28-23-18-13-8-3)59-60-75(64-70(79)49-44-39-34-29-24-19-14-9-4)65-71(80)50-45-40-35-30-25-20-15-10-5/h66-71,76-80H,6-65H2,1-5H3/t67-,68-,69-,70-,71-/m1/s1. The van der Waals surface area contributed by atoms with E-state index in [9.17, 15) is 25.5 Å². The van der Waals surface area contributed by atoms with Crippen molar-refractivity contribution in [3.8, 4) is 0 Å². The van der Waals surface area contributed by atoms with Crippen LogP contribution in [0.5, 0.6) is 0 Å². The summed E-state index contributed by atoms with van der Waals surface area (Å²) in [6, 6.07) is 0. The van der Waals surface area contributed by atoms with Gasteiger partial charge >= 0.3 is 0 Å². The fourth-order valence-corrected chi connectivity index (χ4v) is 12.8. The molecule has 1 fully saturated rings. The lowest BCUT2D eigenvalue weighted by Crippen LogP contribution is -2.50. The van der Waals surface area contributed by atoms with Crippen molar-refractivity contribution in [3.63, 3.8) is 0 Å². The summed E-state index contributed by atoms with van der Waals surface area (Å²) < 4.78 is 0. The molecule has 1 saturated heterocycles. The van der Waals surface area contributed by atoms with E-state index < -0.39 is 0 Å². The quantitative estimate of drug-likeness (QED) is 0.0380. The summed E-state index contributed by atoms with van der Waals surface area (Å²) in [4.78, 5) is 10.1. The predicted molar refractivity (Wildman–Crippen MR) is 349 cm³/mol. The first-order valence-electron chi connectivity index (χ1n) is 36.4. The molecule has 1 rings (SSSR count). The number of unbranched alkanes of at least 4 members (excludes halogenated alkanes) is 35. The van der Waals surface area contributed by atoms with Gasteiger partial charge in [-0.1, -0.05) is 291 Å². The number of hydrogen-bond donors (Lipinski definition) is 5. The zero-order valence-corrected chi connectivity index (χ0v) is 54.9. The second kappa shape index (κ2) is 59.0. The van der Waals surface area contributed by atoms with Crippen LogP contribution in [-0.4, -0.2) is 154 Å². The molecule has 0 aromatic rings. The molecule has 1 aliphatic heterocycles. The third-order valence-electron chi connectivity index (χ3n) is 18.4. The van der Waals surface area contributed by atoms with Crippen molar-refractivity contribution in [2.24, 2.45) is 5.92 Å². The van der Waals surface area contributed by atoms with Crippen LogP contribution in [0.4, 0.5) is 0 Å². The Labute approximate surface area is 500 Å². The van der Waals surface area contributed by atoms with Crippen molar-refractivity contribution in [1.29, 1.82) is 0 Å². The van der Waals surface area contributed by atoms with Gasteiger partial charge in [0.15, 0.2) is 0 Å². The van der Waals surface area contributed by atoms with Crippen molar-refractivity contribution < 1.29 is 25.5 Å². The van der Waals surface area contributed by atoms with Crippen LogP contribution in [0.3, 0.4) is 0 Å². The van der Waals surface area contributed by atoms with Crippen LogP contribution in [0.2, 0.25) is 0 Å². The molecule has 9 heteroatoms. The molecule has 0 saturated carbocycles. The van der Waals surface area contributed by atoms with Crippen molar-refractivity contribution in [3.05, 3.63) is 0 Å². The van der Waals surface area contributed by atoms with Gasteiger partial charge in [-0.25, -0.2) is 0 Å². The SMILES string of the molecule is CCCCCCCCCC[C@@H](O)CC(CCN1CCN(CCN(CCN(C[C@H](O)CCCCCCCCCC)C[C@H](O)CCCCCCCCCC)C[C@H](O)CCCCCCCCCC)CC1)C[C@H](O)CCCCCCCCCC. The predicted octanol–water partition coefficient (Wildman–Crippen LogP) is 17.5. The Morgan fingerprint density at radius 1 is 0.263 bits per heavy atom. The van der Waals surface area contributed by atoms with Crippen molar-refractivity contribution in [1.82, 2.24) is 19.6 Å². The summed E-state index contributed by atoms with van der Waals surface area (Å²) >= 11 is 0. The average molecular weight is 1140 g/mol. The lowest BCUT2D eigenvalue weighted by Gasteiger charge is -2.37. The maximum Gasteiger partial charge on any atom is 0.0667 e. The molecule has 480 valence electrons. The molecule has 0 aliphatic carbocycles. The molecule has 1 heterocycles. The smallest absolute Gasteiger partial charge is 0.0667 e. The van der Waals surface area contributed by atoms with Gasteiger partial charge in [-0.3, -0.25) is 14.7 Å². The Morgan fingerprint density at radius 2 is 0.500 bits per heavy atom. The number of nitrogens with zero attached hydrogens (tertiary/aromatic N) is 4. The fourth-order valence-electron chi connectivity index (χ4n) is 12.8. The van der Waals surface area contributed by atoms with E-state index in [4.69, 9.17) is 0 Å².